The second-order valence-corrected chi connectivity index (χ2v) is 10.1. The average molecular weight is 488 g/mol. The molecule has 5 heteroatoms. The highest BCUT2D eigenvalue weighted by molar-refractivity contribution is 5.74. The second kappa shape index (κ2) is 11.2. The summed E-state index contributed by atoms with van der Waals surface area (Å²) in [4.78, 5) is 13.1. The van der Waals surface area contributed by atoms with E-state index in [0.717, 1.165) is 60.6 Å². The van der Waals surface area contributed by atoms with Crippen LogP contribution in [0.25, 0.3) is 0 Å². The normalized spacial score (nSPS) is 16.8. The van der Waals surface area contributed by atoms with Crippen molar-refractivity contribution in [1.82, 2.24) is 4.90 Å². The molecule has 0 aliphatic carbocycles. The van der Waals surface area contributed by atoms with E-state index in [1.807, 2.05) is 30.3 Å². The van der Waals surface area contributed by atoms with Gasteiger partial charge >= 0.3 is 0 Å². The average Bonchev–Trinajstić information content (AvgIpc) is 2.88. The van der Waals surface area contributed by atoms with E-state index in [1.165, 1.54) is 16.7 Å². The summed E-state index contributed by atoms with van der Waals surface area (Å²) in [5.41, 5.74) is 6.31. The summed E-state index contributed by atoms with van der Waals surface area (Å²) in [6, 6.07) is 17.5. The van der Waals surface area contributed by atoms with Gasteiger partial charge in [0.15, 0.2) is 0 Å². The molecule has 5 nitrogen and oxygen atoms in total. The summed E-state index contributed by atoms with van der Waals surface area (Å²) in [7, 11) is 2.10. The molecule has 0 saturated carbocycles. The van der Waals surface area contributed by atoms with Crippen molar-refractivity contribution >= 4 is 6.29 Å². The molecule has 0 aromatic heterocycles. The Labute approximate surface area is 215 Å². The van der Waals surface area contributed by atoms with E-state index >= 15 is 0 Å². The van der Waals surface area contributed by atoms with Crippen LogP contribution in [0.1, 0.15) is 51.5 Å². The number of hydrogen-bond donors (Lipinski definition) is 0. The summed E-state index contributed by atoms with van der Waals surface area (Å²) >= 11 is 0. The van der Waals surface area contributed by atoms with E-state index in [-0.39, 0.29) is 5.60 Å². The van der Waals surface area contributed by atoms with Gasteiger partial charge in [0.25, 0.3) is 0 Å². The molecule has 1 heterocycles. The summed E-state index contributed by atoms with van der Waals surface area (Å²) < 4.78 is 18.9. The third kappa shape index (κ3) is 5.90. The maximum absolute atomic E-state index is 10.8. The van der Waals surface area contributed by atoms with Crippen LogP contribution in [-0.2, 0) is 13.0 Å². The number of rotatable bonds is 10. The van der Waals surface area contributed by atoms with E-state index in [0.29, 0.717) is 18.8 Å². The van der Waals surface area contributed by atoms with Crippen molar-refractivity contribution in [2.75, 3.05) is 26.7 Å². The zero-order chi connectivity index (χ0) is 25.7. The van der Waals surface area contributed by atoms with Crippen molar-refractivity contribution in [3.63, 3.8) is 0 Å². The molecule has 36 heavy (non-hydrogen) atoms. The van der Waals surface area contributed by atoms with Gasteiger partial charge in [0.2, 0.25) is 0 Å². The molecule has 0 saturated heterocycles. The Balaban J connectivity index is 1.38. The third-order valence-electron chi connectivity index (χ3n) is 7.15. The molecule has 0 amide bonds. The molecule has 1 aliphatic rings. The van der Waals surface area contributed by atoms with Gasteiger partial charge in [0.1, 0.15) is 42.3 Å². The number of nitrogens with zero attached hydrogens (tertiary/aromatic N) is 1. The number of likely N-dealkylation sites (N-methyl/N-ethyl adjacent to an activating group) is 1. The smallest absolute Gasteiger partial charge is 0.150 e. The fraction of sp³-hybridized carbons (Fsp3) is 0.387. The van der Waals surface area contributed by atoms with Gasteiger partial charge in [-0.2, -0.15) is 0 Å². The van der Waals surface area contributed by atoms with Crippen LogP contribution < -0.4 is 14.2 Å². The first-order chi connectivity index (χ1) is 17.3. The number of hydrogen-bond acceptors (Lipinski definition) is 5. The van der Waals surface area contributed by atoms with E-state index in [1.54, 1.807) is 12.1 Å². The van der Waals surface area contributed by atoms with Crippen LogP contribution in [0.5, 0.6) is 17.2 Å². The Morgan fingerprint density at radius 1 is 0.972 bits per heavy atom. The zero-order valence-electron chi connectivity index (χ0n) is 22.1. The Morgan fingerprint density at radius 2 is 1.69 bits per heavy atom. The minimum absolute atomic E-state index is 0.274. The number of benzene rings is 3. The van der Waals surface area contributed by atoms with Gasteiger partial charge in [0, 0.05) is 24.2 Å². The van der Waals surface area contributed by atoms with Gasteiger partial charge in [0.05, 0.1) is 0 Å². The first-order valence-electron chi connectivity index (χ1n) is 12.6. The van der Waals surface area contributed by atoms with E-state index < -0.39 is 0 Å². The maximum atomic E-state index is 10.8. The lowest BCUT2D eigenvalue weighted by Crippen LogP contribution is -2.47. The molecule has 190 valence electrons. The fourth-order valence-electron chi connectivity index (χ4n) is 4.95. The van der Waals surface area contributed by atoms with Crippen LogP contribution in [0.15, 0.2) is 54.6 Å². The first kappa shape index (κ1) is 25.8. The summed E-state index contributed by atoms with van der Waals surface area (Å²) in [6.07, 6.45) is 2.75. The van der Waals surface area contributed by atoms with Gasteiger partial charge in [-0.3, -0.25) is 9.69 Å². The van der Waals surface area contributed by atoms with E-state index in [9.17, 15) is 4.79 Å². The number of ether oxygens (including phenoxy) is 3. The minimum Gasteiger partial charge on any atom is -0.492 e. The molecule has 4 rings (SSSR count). The molecule has 1 aliphatic heterocycles. The van der Waals surface area contributed by atoms with Crippen molar-refractivity contribution in [2.24, 2.45) is 0 Å². The Morgan fingerprint density at radius 3 is 2.39 bits per heavy atom. The Hall–Kier alpha value is -3.31. The van der Waals surface area contributed by atoms with Gasteiger partial charge in [-0.05, 0) is 94.1 Å². The predicted molar refractivity (Wildman–Crippen MR) is 144 cm³/mol. The largest absolute Gasteiger partial charge is 0.492 e. The second-order valence-electron chi connectivity index (χ2n) is 10.1. The monoisotopic (exact) mass is 487 g/mol. The Bertz CT molecular complexity index is 1190. The highest BCUT2D eigenvalue weighted by atomic mass is 16.5. The van der Waals surface area contributed by atoms with Crippen LogP contribution in [-0.4, -0.2) is 43.5 Å². The van der Waals surface area contributed by atoms with Crippen LogP contribution >= 0.6 is 0 Å². The van der Waals surface area contributed by atoms with Crippen molar-refractivity contribution in [1.29, 1.82) is 0 Å². The number of aldehydes is 1. The lowest BCUT2D eigenvalue weighted by Gasteiger charge is -2.40. The highest BCUT2D eigenvalue weighted by Crippen LogP contribution is 2.44. The Kier molecular flexibility index (Phi) is 8.00. The summed E-state index contributed by atoms with van der Waals surface area (Å²) in [6.45, 7) is 11.4. The molecule has 3 aromatic carbocycles. The molecule has 0 N–H and O–H groups in total. The topological polar surface area (TPSA) is 48.0 Å². The molecule has 0 spiro atoms. The molecule has 0 radical (unpaired) electrons. The van der Waals surface area contributed by atoms with Crippen LogP contribution in [0, 0.1) is 20.8 Å². The van der Waals surface area contributed by atoms with Crippen molar-refractivity contribution in [3.05, 3.63) is 88.0 Å². The number of carbonyl (C=O) groups is 1. The molecule has 0 bridgehead atoms. The first-order valence-corrected chi connectivity index (χ1v) is 12.6. The summed E-state index contributed by atoms with van der Waals surface area (Å²) in [5, 5.41) is 0. The minimum atomic E-state index is -0.274. The van der Waals surface area contributed by atoms with Crippen LogP contribution in [0.2, 0.25) is 0 Å². The predicted octanol–water partition coefficient (Wildman–Crippen LogP) is 6.10. The van der Waals surface area contributed by atoms with Crippen molar-refractivity contribution in [2.45, 2.75) is 52.7 Å². The van der Waals surface area contributed by atoms with E-state index in [4.69, 9.17) is 14.2 Å². The van der Waals surface area contributed by atoms with Gasteiger partial charge in [-0.1, -0.05) is 30.3 Å². The fourth-order valence-corrected chi connectivity index (χ4v) is 4.95. The molecular formula is C31H37NO4. The van der Waals surface area contributed by atoms with Gasteiger partial charge in [-0.25, -0.2) is 0 Å². The maximum Gasteiger partial charge on any atom is 0.150 e. The molecule has 3 aromatic rings. The lowest BCUT2D eigenvalue weighted by atomic mass is 9.87. The standard InChI is InChI=1S/C31H37NO4/c1-22-23(2)30-28(24(3)29(22)35-20-26-9-7-6-8-10-26)15-16-31(4,36-30)21-32(5)17-18-34-27-13-11-25(19-33)12-14-27/h6-14,19H,15-18,20-21H2,1-5H3. The van der Waals surface area contributed by atoms with Gasteiger partial charge < -0.3 is 14.2 Å². The van der Waals surface area contributed by atoms with E-state index in [2.05, 4.69) is 51.8 Å². The quantitative estimate of drug-likeness (QED) is 0.324. The number of carbonyl (C=O) groups excluding carboxylic acids is 1. The summed E-state index contributed by atoms with van der Waals surface area (Å²) in [5.74, 6) is 2.78. The van der Waals surface area contributed by atoms with Crippen LogP contribution in [0.4, 0.5) is 0 Å². The third-order valence-corrected chi connectivity index (χ3v) is 7.15. The number of fused-ring (bicyclic) bond motifs is 1. The van der Waals surface area contributed by atoms with Gasteiger partial charge in [-0.15, -0.1) is 0 Å². The highest BCUT2D eigenvalue weighted by Gasteiger charge is 2.35. The van der Waals surface area contributed by atoms with Crippen LogP contribution in [0.3, 0.4) is 0 Å². The lowest BCUT2D eigenvalue weighted by molar-refractivity contribution is 0.0286. The molecule has 1 atom stereocenters. The van der Waals surface area contributed by atoms with Crippen molar-refractivity contribution < 1.29 is 19.0 Å². The zero-order valence-corrected chi connectivity index (χ0v) is 22.1. The molecule has 1 unspecified atom stereocenters. The van der Waals surface area contributed by atoms with Crippen molar-refractivity contribution in [3.8, 4) is 17.2 Å². The molecule has 0 fully saturated rings. The SMILES string of the molecule is Cc1c(C)c2c(c(C)c1OCc1ccccc1)CCC(C)(CN(C)CCOc1ccc(C=O)cc1)O2. The molecular weight excluding hydrogens is 450 g/mol.